The molecule has 20 heavy (non-hydrogen) atoms. The molecule has 1 aromatic carbocycles. The van der Waals surface area contributed by atoms with Crippen molar-refractivity contribution in [3.63, 3.8) is 0 Å². The van der Waals surface area contributed by atoms with Crippen molar-refractivity contribution in [1.82, 2.24) is 4.90 Å². The summed E-state index contributed by atoms with van der Waals surface area (Å²) in [7, 11) is -3.76. The minimum Gasteiger partial charge on any atom is -0.378 e. The third-order valence-electron chi connectivity index (χ3n) is 3.33. The van der Waals surface area contributed by atoms with Gasteiger partial charge >= 0.3 is 0 Å². The molecule has 2 aliphatic heterocycles. The van der Waals surface area contributed by atoms with E-state index in [1.54, 1.807) is 18.2 Å². The first kappa shape index (κ1) is 13.1. The fourth-order valence-electron chi connectivity index (χ4n) is 2.26. The van der Waals surface area contributed by atoms with Crippen molar-refractivity contribution in [2.75, 3.05) is 31.6 Å². The lowest BCUT2D eigenvalue weighted by Crippen LogP contribution is -2.43. The van der Waals surface area contributed by atoms with Gasteiger partial charge in [0.2, 0.25) is 9.84 Å². The van der Waals surface area contributed by atoms with Gasteiger partial charge in [-0.05, 0) is 12.1 Å². The van der Waals surface area contributed by atoms with Gasteiger partial charge in [0.25, 0.3) is 5.91 Å². The molecule has 0 spiro atoms. The molecule has 6 nitrogen and oxygen atoms in total. The van der Waals surface area contributed by atoms with Crippen LogP contribution in [-0.4, -0.2) is 45.5 Å². The molecule has 1 N–H and O–H groups in total. The van der Waals surface area contributed by atoms with Crippen LogP contribution in [0, 0.1) is 0 Å². The van der Waals surface area contributed by atoms with Crippen LogP contribution in [0.25, 0.3) is 0 Å². The maximum Gasteiger partial charge on any atom is 0.267 e. The summed E-state index contributed by atoms with van der Waals surface area (Å²) in [4.78, 5) is 13.8. The zero-order valence-electron chi connectivity index (χ0n) is 10.7. The van der Waals surface area contributed by atoms with Gasteiger partial charge in [0.05, 0.1) is 23.8 Å². The zero-order chi connectivity index (χ0) is 14.2. The highest BCUT2D eigenvalue weighted by atomic mass is 32.2. The normalized spacial score (nSPS) is 20.6. The number of para-hydroxylation sites is 1. The number of fused-ring (bicyclic) bond motifs is 1. The summed E-state index contributed by atoms with van der Waals surface area (Å²) in [5.74, 6) is -0.477. The number of rotatable bonds is 1. The molecule has 1 aromatic rings. The second kappa shape index (κ2) is 4.92. The highest BCUT2D eigenvalue weighted by Crippen LogP contribution is 2.31. The number of benzene rings is 1. The molecule has 0 saturated carbocycles. The Balaban J connectivity index is 1.96. The van der Waals surface area contributed by atoms with E-state index in [9.17, 15) is 13.2 Å². The number of carbonyl (C=O) groups excluding carboxylic acids is 1. The van der Waals surface area contributed by atoms with E-state index in [-0.39, 0.29) is 9.80 Å². The number of amides is 1. The monoisotopic (exact) mass is 294 g/mol. The van der Waals surface area contributed by atoms with Gasteiger partial charge in [0.1, 0.15) is 0 Å². The predicted octanol–water partition coefficient (Wildman–Crippen LogP) is 0.586. The van der Waals surface area contributed by atoms with Gasteiger partial charge in [-0.1, -0.05) is 12.1 Å². The molecule has 7 heteroatoms. The average molecular weight is 294 g/mol. The average Bonchev–Trinajstić information content (AvgIpc) is 2.48. The second-order valence-electron chi connectivity index (χ2n) is 4.56. The molecule has 2 aliphatic rings. The molecule has 1 fully saturated rings. The molecular formula is C13H14N2O4S. The Morgan fingerprint density at radius 3 is 2.65 bits per heavy atom. The third kappa shape index (κ3) is 2.08. The Kier molecular flexibility index (Phi) is 3.23. The second-order valence-corrected chi connectivity index (χ2v) is 6.44. The summed E-state index contributed by atoms with van der Waals surface area (Å²) in [6.45, 7) is 1.69. The van der Waals surface area contributed by atoms with Crippen LogP contribution in [0.5, 0.6) is 0 Å². The lowest BCUT2D eigenvalue weighted by Gasteiger charge is -2.28. The first-order valence-electron chi connectivity index (χ1n) is 6.28. The lowest BCUT2D eigenvalue weighted by molar-refractivity contribution is -0.130. The molecule has 106 valence electrons. The maximum atomic E-state index is 12.5. The van der Waals surface area contributed by atoms with Gasteiger partial charge in [0.15, 0.2) is 4.91 Å². The fraction of sp³-hybridized carbons (Fsp3) is 0.308. The molecule has 0 aromatic heterocycles. The van der Waals surface area contributed by atoms with Crippen LogP contribution in [-0.2, 0) is 19.4 Å². The van der Waals surface area contributed by atoms with Crippen LogP contribution in [0.3, 0.4) is 0 Å². The van der Waals surface area contributed by atoms with Crippen molar-refractivity contribution in [2.45, 2.75) is 4.90 Å². The van der Waals surface area contributed by atoms with Gasteiger partial charge in [-0.25, -0.2) is 8.42 Å². The zero-order valence-corrected chi connectivity index (χ0v) is 11.5. The van der Waals surface area contributed by atoms with Crippen LogP contribution in [0.15, 0.2) is 40.3 Å². The van der Waals surface area contributed by atoms with Gasteiger partial charge in [-0.3, -0.25) is 4.79 Å². The molecule has 0 aliphatic carbocycles. The smallest absolute Gasteiger partial charge is 0.267 e. The summed E-state index contributed by atoms with van der Waals surface area (Å²) >= 11 is 0. The summed E-state index contributed by atoms with van der Waals surface area (Å²) in [5.41, 5.74) is 0.492. The molecule has 1 saturated heterocycles. The largest absolute Gasteiger partial charge is 0.378 e. The van der Waals surface area contributed by atoms with E-state index in [1.807, 2.05) is 0 Å². The quantitative estimate of drug-likeness (QED) is 0.820. The first-order chi connectivity index (χ1) is 9.60. The molecule has 3 rings (SSSR count). The minimum absolute atomic E-state index is 0.138. The van der Waals surface area contributed by atoms with Crippen LogP contribution in [0.4, 0.5) is 5.69 Å². The molecule has 0 radical (unpaired) electrons. The van der Waals surface area contributed by atoms with Crippen LogP contribution in [0.2, 0.25) is 0 Å². The van der Waals surface area contributed by atoms with Crippen LogP contribution < -0.4 is 5.32 Å². The number of hydrogen-bond donors (Lipinski definition) is 1. The standard InChI is InChI=1S/C13H14N2O4S/c16-13(15-5-7-19-8-6-15)12-9-14-10-3-1-2-4-11(10)20(12,17)18/h1-4,9,14H,5-8H2. The number of ether oxygens (including phenoxy) is 1. The Labute approximate surface area is 116 Å². The number of hydrogen-bond acceptors (Lipinski definition) is 5. The van der Waals surface area contributed by atoms with E-state index in [4.69, 9.17) is 4.74 Å². The SMILES string of the molecule is O=C(C1=CNc2ccccc2S1(=O)=O)N1CCOCC1. The van der Waals surface area contributed by atoms with Gasteiger partial charge in [-0.15, -0.1) is 0 Å². The van der Waals surface area contributed by atoms with Crippen molar-refractivity contribution in [1.29, 1.82) is 0 Å². The molecule has 0 bridgehead atoms. The summed E-state index contributed by atoms with van der Waals surface area (Å²) in [6, 6.07) is 6.54. The summed E-state index contributed by atoms with van der Waals surface area (Å²) in [5, 5.41) is 2.87. The minimum atomic E-state index is -3.76. The van der Waals surface area contributed by atoms with Gasteiger partial charge in [-0.2, -0.15) is 0 Å². The van der Waals surface area contributed by atoms with E-state index in [0.29, 0.717) is 32.0 Å². The Morgan fingerprint density at radius 1 is 1.20 bits per heavy atom. The lowest BCUT2D eigenvalue weighted by atomic mass is 10.3. The fourth-order valence-corrected chi connectivity index (χ4v) is 3.74. The van der Waals surface area contributed by atoms with Crippen LogP contribution in [0.1, 0.15) is 0 Å². The molecule has 1 amide bonds. The van der Waals surface area contributed by atoms with Crippen molar-refractivity contribution < 1.29 is 17.9 Å². The van der Waals surface area contributed by atoms with Crippen molar-refractivity contribution >= 4 is 21.4 Å². The summed E-state index contributed by atoms with van der Waals surface area (Å²) < 4.78 is 30.2. The predicted molar refractivity (Wildman–Crippen MR) is 72.7 cm³/mol. The molecular weight excluding hydrogens is 280 g/mol. The third-order valence-corrected chi connectivity index (χ3v) is 5.14. The van der Waals surface area contributed by atoms with E-state index in [0.717, 1.165) is 0 Å². The topological polar surface area (TPSA) is 75.7 Å². The Morgan fingerprint density at radius 2 is 1.90 bits per heavy atom. The van der Waals surface area contributed by atoms with E-state index in [2.05, 4.69) is 5.32 Å². The number of sulfone groups is 1. The highest BCUT2D eigenvalue weighted by Gasteiger charge is 2.35. The van der Waals surface area contributed by atoms with E-state index in [1.165, 1.54) is 17.2 Å². The molecule has 2 heterocycles. The van der Waals surface area contributed by atoms with Crippen molar-refractivity contribution in [3.8, 4) is 0 Å². The van der Waals surface area contributed by atoms with Gasteiger partial charge < -0.3 is 15.0 Å². The maximum absolute atomic E-state index is 12.5. The Hall–Kier alpha value is -1.86. The summed E-state index contributed by atoms with van der Waals surface area (Å²) in [6.07, 6.45) is 1.27. The number of anilines is 1. The number of nitrogens with one attached hydrogen (secondary N) is 1. The van der Waals surface area contributed by atoms with Crippen molar-refractivity contribution in [3.05, 3.63) is 35.4 Å². The van der Waals surface area contributed by atoms with Crippen molar-refractivity contribution in [2.24, 2.45) is 0 Å². The van der Waals surface area contributed by atoms with E-state index >= 15 is 0 Å². The first-order valence-corrected chi connectivity index (χ1v) is 7.77. The molecule has 0 atom stereocenters. The van der Waals surface area contributed by atoms with Crippen LogP contribution >= 0.6 is 0 Å². The number of nitrogens with zero attached hydrogens (tertiary/aromatic N) is 1. The van der Waals surface area contributed by atoms with E-state index < -0.39 is 15.7 Å². The number of morpholine rings is 1. The Bertz CT molecular complexity index is 675. The highest BCUT2D eigenvalue weighted by molar-refractivity contribution is 7.96. The molecule has 0 unspecified atom stereocenters. The number of carbonyl (C=O) groups is 1. The van der Waals surface area contributed by atoms with Gasteiger partial charge in [0, 0.05) is 19.3 Å².